The zero-order chi connectivity index (χ0) is 23.2. The first-order valence-corrected chi connectivity index (χ1v) is 10.7. The van der Waals surface area contributed by atoms with Gasteiger partial charge in [-0.25, -0.2) is 13.3 Å². The van der Waals surface area contributed by atoms with Gasteiger partial charge in [0.15, 0.2) is 5.69 Å². The lowest BCUT2D eigenvalue weighted by Crippen LogP contribution is -2.27. The molecule has 10 heteroatoms. The zero-order valence-electron chi connectivity index (χ0n) is 17.3. The number of rotatable bonds is 4. The fraction of sp³-hybridized carbons (Fsp3) is 0.227. The van der Waals surface area contributed by atoms with Crippen molar-refractivity contribution in [2.45, 2.75) is 31.0 Å². The molecule has 0 bridgehead atoms. The molecule has 1 N–H and O–H groups in total. The standard InChI is InChI=1S/C22H19F4N3O2S/c1-12-7-8-14(9-17(12)23)20-21(32(30)16-6-4-5-15(10-16)31-3)13(2)27-19-11-18(22(24,25)26)28-29(19)20/h4-11,20,27H,1-3H3. The highest BCUT2D eigenvalue weighted by atomic mass is 32.2. The molecule has 1 aliphatic rings. The van der Waals surface area contributed by atoms with Crippen LogP contribution in [-0.2, 0) is 17.0 Å². The lowest BCUT2D eigenvalue weighted by Gasteiger charge is -2.30. The third-order valence-electron chi connectivity index (χ3n) is 5.17. The Bertz CT molecular complexity index is 1250. The minimum Gasteiger partial charge on any atom is -0.497 e. The van der Waals surface area contributed by atoms with Crippen molar-refractivity contribution in [1.82, 2.24) is 9.78 Å². The molecule has 0 fully saturated rings. The molecule has 1 aliphatic heterocycles. The third-order valence-corrected chi connectivity index (χ3v) is 6.78. The van der Waals surface area contributed by atoms with Crippen LogP contribution in [-0.4, -0.2) is 21.1 Å². The third kappa shape index (κ3) is 3.90. The summed E-state index contributed by atoms with van der Waals surface area (Å²) >= 11 is 0. The lowest BCUT2D eigenvalue weighted by molar-refractivity contribution is -0.141. The van der Waals surface area contributed by atoms with E-state index in [0.29, 0.717) is 27.5 Å². The van der Waals surface area contributed by atoms with Crippen LogP contribution in [0.4, 0.5) is 23.4 Å². The average molecular weight is 465 g/mol. The summed E-state index contributed by atoms with van der Waals surface area (Å²) in [6.45, 7) is 3.20. The van der Waals surface area contributed by atoms with Crippen molar-refractivity contribution in [1.29, 1.82) is 0 Å². The molecule has 2 aromatic carbocycles. The number of methoxy groups -OCH3 is 1. The molecule has 1 aromatic heterocycles. The van der Waals surface area contributed by atoms with Crippen molar-refractivity contribution in [2.75, 3.05) is 12.4 Å². The number of halogens is 4. The Morgan fingerprint density at radius 2 is 1.88 bits per heavy atom. The first-order valence-electron chi connectivity index (χ1n) is 9.56. The minimum absolute atomic E-state index is 0.0761. The van der Waals surface area contributed by atoms with Crippen molar-refractivity contribution in [2.24, 2.45) is 0 Å². The van der Waals surface area contributed by atoms with Crippen molar-refractivity contribution in [3.05, 3.63) is 81.8 Å². The number of fused-ring (bicyclic) bond motifs is 1. The molecule has 0 spiro atoms. The highest BCUT2D eigenvalue weighted by Gasteiger charge is 2.39. The van der Waals surface area contributed by atoms with Crippen LogP contribution in [0.25, 0.3) is 0 Å². The Labute approximate surface area is 184 Å². The Balaban J connectivity index is 1.91. The number of ether oxygens (including phenoxy) is 1. The average Bonchev–Trinajstić information content (AvgIpc) is 3.18. The van der Waals surface area contributed by atoms with Crippen molar-refractivity contribution in [3.63, 3.8) is 0 Å². The summed E-state index contributed by atoms with van der Waals surface area (Å²) in [5, 5.41) is 6.61. The van der Waals surface area contributed by atoms with Crippen molar-refractivity contribution < 1.29 is 26.5 Å². The van der Waals surface area contributed by atoms with Crippen LogP contribution >= 0.6 is 0 Å². The number of nitrogens with zero attached hydrogens (tertiary/aromatic N) is 2. The first-order chi connectivity index (χ1) is 15.1. The van der Waals surface area contributed by atoms with Crippen molar-refractivity contribution in [3.8, 4) is 5.75 Å². The van der Waals surface area contributed by atoms with Gasteiger partial charge in [-0.3, -0.25) is 0 Å². The molecule has 0 aliphatic carbocycles. The lowest BCUT2D eigenvalue weighted by atomic mass is 10.0. The van der Waals surface area contributed by atoms with E-state index < -0.39 is 34.5 Å². The topological polar surface area (TPSA) is 56.1 Å². The van der Waals surface area contributed by atoms with E-state index in [9.17, 15) is 21.8 Å². The predicted octanol–water partition coefficient (Wildman–Crippen LogP) is 5.41. The second-order valence-electron chi connectivity index (χ2n) is 7.33. The maximum Gasteiger partial charge on any atom is 0.435 e. The number of alkyl halides is 3. The van der Waals surface area contributed by atoms with E-state index in [0.717, 1.165) is 10.7 Å². The fourth-order valence-electron chi connectivity index (χ4n) is 3.55. The number of anilines is 1. The quantitative estimate of drug-likeness (QED) is 0.524. The maximum atomic E-state index is 14.4. The van der Waals surface area contributed by atoms with Gasteiger partial charge in [-0.05, 0) is 49.2 Å². The molecule has 0 radical (unpaired) electrons. The summed E-state index contributed by atoms with van der Waals surface area (Å²) in [4.78, 5) is 0.663. The van der Waals surface area contributed by atoms with Gasteiger partial charge in [0, 0.05) is 16.7 Å². The largest absolute Gasteiger partial charge is 0.497 e. The number of allylic oxidation sites excluding steroid dienone is 2. The fourth-order valence-corrected chi connectivity index (χ4v) is 5.00. The van der Waals surface area contributed by atoms with Gasteiger partial charge in [0.1, 0.15) is 23.4 Å². The number of aromatic nitrogens is 2. The monoisotopic (exact) mass is 465 g/mol. The molecule has 3 aromatic rings. The van der Waals surface area contributed by atoms with E-state index in [2.05, 4.69) is 10.4 Å². The van der Waals surface area contributed by atoms with E-state index in [1.165, 1.54) is 19.2 Å². The molecule has 2 atom stereocenters. The van der Waals surface area contributed by atoms with E-state index in [-0.39, 0.29) is 10.7 Å². The first kappa shape index (κ1) is 22.1. The van der Waals surface area contributed by atoms with E-state index in [1.807, 2.05) is 0 Å². The summed E-state index contributed by atoms with van der Waals surface area (Å²) in [5.74, 6) is 0.0390. The second-order valence-corrected chi connectivity index (χ2v) is 8.78. The summed E-state index contributed by atoms with van der Waals surface area (Å²) in [5.41, 5.74) is 0.0193. The molecule has 2 heterocycles. The van der Waals surface area contributed by atoms with E-state index >= 15 is 0 Å². The molecule has 168 valence electrons. The summed E-state index contributed by atoms with van der Waals surface area (Å²) in [6.07, 6.45) is -4.67. The smallest absolute Gasteiger partial charge is 0.435 e. The number of aryl methyl sites for hydroxylation is 1. The predicted molar refractivity (Wildman–Crippen MR) is 112 cm³/mol. The highest BCUT2D eigenvalue weighted by molar-refractivity contribution is 7.89. The van der Waals surface area contributed by atoms with Gasteiger partial charge < -0.3 is 10.1 Å². The Morgan fingerprint density at radius 3 is 2.53 bits per heavy atom. The van der Waals surface area contributed by atoms with Gasteiger partial charge in [0.25, 0.3) is 0 Å². The molecule has 32 heavy (non-hydrogen) atoms. The Morgan fingerprint density at radius 1 is 1.12 bits per heavy atom. The van der Waals surface area contributed by atoms with Gasteiger partial charge in [0.05, 0.1) is 22.8 Å². The van der Waals surface area contributed by atoms with E-state index in [4.69, 9.17) is 4.74 Å². The minimum atomic E-state index is -4.67. The molecule has 2 unspecified atom stereocenters. The number of hydrogen-bond acceptors (Lipinski definition) is 4. The van der Waals surface area contributed by atoms with Crippen LogP contribution in [0.3, 0.4) is 0 Å². The van der Waals surface area contributed by atoms with Gasteiger partial charge in [-0.2, -0.15) is 18.3 Å². The van der Waals surface area contributed by atoms with E-state index in [1.54, 1.807) is 44.2 Å². The number of hydrogen-bond donors (Lipinski definition) is 1. The van der Waals surface area contributed by atoms with Crippen LogP contribution < -0.4 is 10.1 Å². The highest BCUT2D eigenvalue weighted by Crippen LogP contribution is 2.42. The Hall–Kier alpha value is -3.14. The van der Waals surface area contributed by atoms with Gasteiger partial charge in [-0.1, -0.05) is 18.2 Å². The summed E-state index contributed by atoms with van der Waals surface area (Å²) in [7, 11) is -0.327. The molecule has 0 saturated heterocycles. The summed E-state index contributed by atoms with van der Waals surface area (Å²) in [6, 6.07) is 10.8. The number of nitrogens with one attached hydrogen (secondary N) is 1. The number of benzene rings is 2. The van der Waals surface area contributed by atoms with Gasteiger partial charge >= 0.3 is 6.18 Å². The molecule has 0 saturated carbocycles. The SMILES string of the molecule is COc1cccc(S(=O)C2=C(C)Nc3cc(C(F)(F)F)nn3C2c2ccc(C)c(F)c2)c1. The van der Waals surface area contributed by atoms with Crippen LogP contribution in [0.5, 0.6) is 5.75 Å². The van der Waals surface area contributed by atoms with Crippen LogP contribution in [0, 0.1) is 12.7 Å². The zero-order valence-corrected chi connectivity index (χ0v) is 18.1. The molecule has 5 nitrogen and oxygen atoms in total. The summed E-state index contributed by atoms with van der Waals surface area (Å²) < 4.78 is 74.5. The molecular formula is C22H19F4N3O2S. The Kier molecular flexibility index (Phi) is 5.58. The van der Waals surface area contributed by atoms with Gasteiger partial charge in [-0.15, -0.1) is 0 Å². The molecular weight excluding hydrogens is 446 g/mol. The van der Waals surface area contributed by atoms with Crippen LogP contribution in [0.2, 0.25) is 0 Å². The molecule has 0 amide bonds. The maximum absolute atomic E-state index is 14.4. The van der Waals surface area contributed by atoms with Gasteiger partial charge in [0.2, 0.25) is 0 Å². The molecule has 4 rings (SSSR count). The van der Waals surface area contributed by atoms with Crippen LogP contribution in [0.1, 0.15) is 29.8 Å². The second kappa shape index (κ2) is 8.09. The van der Waals surface area contributed by atoms with Crippen molar-refractivity contribution >= 4 is 16.6 Å². The van der Waals surface area contributed by atoms with Crippen LogP contribution in [0.15, 0.2) is 64.0 Å². The normalized spacial score (nSPS) is 17.0.